The molecule has 0 aliphatic carbocycles. The van der Waals surface area contributed by atoms with Crippen molar-refractivity contribution in [2.45, 2.75) is 0 Å². The molecular weight excluding hydrogens is 274 g/mol. The topological polar surface area (TPSA) is 34.9 Å². The smallest absolute Gasteiger partial charge is 0.153 e. The summed E-state index contributed by atoms with van der Waals surface area (Å²) in [6.45, 7) is 0. The summed E-state index contributed by atoms with van der Waals surface area (Å²) in [5.41, 5.74) is 1.27. The van der Waals surface area contributed by atoms with Gasteiger partial charge >= 0.3 is 0 Å². The fraction of sp³-hybridized carbons (Fsp3) is 0. The number of rotatable bonds is 3. The molecule has 104 valence electrons. The summed E-state index contributed by atoms with van der Waals surface area (Å²) >= 11 is 0. The predicted molar refractivity (Wildman–Crippen MR) is 74.3 cm³/mol. The van der Waals surface area contributed by atoms with E-state index in [9.17, 15) is 13.6 Å². The summed E-state index contributed by atoms with van der Waals surface area (Å²) in [4.78, 5) is 11.2. The number of halogens is 2. The van der Waals surface area contributed by atoms with Gasteiger partial charge in [-0.25, -0.2) is 13.5 Å². The highest BCUT2D eigenvalue weighted by molar-refractivity contribution is 5.85. The van der Waals surface area contributed by atoms with Gasteiger partial charge in [-0.3, -0.25) is 4.79 Å². The molecule has 1 aromatic heterocycles. The minimum atomic E-state index is -0.455. The summed E-state index contributed by atoms with van der Waals surface area (Å²) in [6.07, 6.45) is 2.04. The van der Waals surface area contributed by atoms with Crippen molar-refractivity contribution in [1.82, 2.24) is 9.78 Å². The van der Waals surface area contributed by atoms with Crippen molar-refractivity contribution in [2.24, 2.45) is 0 Å². The van der Waals surface area contributed by atoms with E-state index < -0.39 is 11.6 Å². The fourth-order valence-corrected chi connectivity index (χ4v) is 2.09. The van der Waals surface area contributed by atoms with E-state index >= 15 is 0 Å². The summed E-state index contributed by atoms with van der Waals surface area (Å²) in [6, 6.07) is 11.8. The molecule has 0 radical (unpaired) electrons. The minimum Gasteiger partial charge on any atom is -0.298 e. The number of nitrogens with zero attached hydrogens (tertiary/aromatic N) is 2. The van der Waals surface area contributed by atoms with Crippen LogP contribution in [0.5, 0.6) is 0 Å². The van der Waals surface area contributed by atoms with E-state index in [1.54, 1.807) is 24.3 Å². The van der Waals surface area contributed by atoms with Crippen LogP contribution in [-0.2, 0) is 0 Å². The largest absolute Gasteiger partial charge is 0.298 e. The van der Waals surface area contributed by atoms with Crippen LogP contribution < -0.4 is 0 Å². The van der Waals surface area contributed by atoms with Crippen LogP contribution in [0.4, 0.5) is 8.78 Å². The summed E-state index contributed by atoms with van der Waals surface area (Å²) in [5.74, 6) is -0.881. The Labute approximate surface area is 119 Å². The average Bonchev–Trinajstić information content (AvgIpc) is 2.92. The first-order chi connectivity index (χ1) is 10.2. The van der Waals surface area contributed by atoms with Crippen LogP contribution in [0.15, 0.2) is 54.7 Å². The number of aromatic nitrogens is 2. The highest BCUT2D eigenvalue weighted by Gasteiger charge is 2.13. The molecule has 0 bridgehead atoms. The number of hydrogen-bond acceptors (Lipinski definition) is 2. The van der Waals surface area contributed by atoms with Gasteiger partial charge in [0.05, 0.1) is 5.56 Å². The van der Waals surface area contributed by atoms with Crippen molar-refractivity contribution in [2.75, 3.05) is 0 Å². The molecule has 0 amide bonds. The highest BCUT2D eigenvalue weighted by atomic mass is 19.1. The van der Waals surface area contributed by atoms with Crippen molar-refractivity contribution in [1.29, 1.82) is 0 Å². The van der Waals surface area contributed by atoms with Crippen LogP contribution in [0.1, 0.15) is 10.4 Å². The van der Waals surface area contributed by atoms with E-state index in [1.807, 2.05) is 0 Å². The molecule has 3 nitrogen and oxygen atoms in total. The first kappa shape index (κ1) is 13.2. The Hall–Kier alpha value is -2.82. The monoisotopic (exact) mass is 284 g/mol. The quantitative estimate of drug-likeness (QED) is 0.688. The van der Waals surface area contributed by atoms with Crippen LogP contribution in [0.25, 0.3) is 16.9 Å². The Balaban J connectivity index is 2.15. The van der Waals surface area contributed by atoms with Gasteiger partial charge in [-0.2, -0.15) is 5.10 Å². The molecule has 0 atom stereocenters. The number of hydrogen-bond donors (Lipinski definition) is 0. The average molecular weight is 284 g/mol. The van der Waals surface area contributed by atoms with Crippen LogP contribution in [0.3, 0.4) is 0 Å². The van der Waals surface area contributed by atoms with Gasteiger partial charge in [0.1, 0.15) is 23.0 Å². The molecule has 5 heteroatoms. The lowest BCUT2D eigenvalue weighted by molar-refractivity contribution is 0.112. The molecule has 0 spiro atoms. The maximum Gasteiger partial charge on any atom is 0.153 e. The molecule has 1 heterocycles. The van der Waals surface area contributed by atoms with Gasteiger partial charge in [-0.1, -0.05) is 24.3 Å². The lowest BCUT2D eigenvalue weighted by Gasteiger charge is -2.02. The van der Waals surface area contributed by atoms with Crippen molar-refractivity contribution in [3.63, 3.8) is 0 Å². The van der Waals surface area contributed by atoms with Crippen LogP contribution >= 0.6 is 0 Å². The second-order valence-corrected chi connectivity index (χ2v) is 4.46. The third-order valence-electron chi connectivity index (χ3n) is 3.07. The Morgan fingerprint density at radius 2 is 1.86 bits per heavy atom. The second kappa shape index (κ2) is 5.28. The van der Waals surface area contributed by atoms with E-state index in [2.05, 4.69) is 5.10 Å². The van der Waals surface area contributed by atoms with E-state index in [4.69, 9.17) is 0 Å². The molecule has 0 saturated heterocycles. The molecule has 0 unspecified atom stereocenters. The lowest BCUT2D eigenvalue weighted by Crippen LogP contribution is -1.98. The first-order valence-corrected chi connectivity index (χ1v) is 6.25. The van der Waals surface area contributed by atoms with Crippen molar-refractivity contribution in [3.8, 4) is 16.9 Å². The van der Waals surface area contributed by atoms with Gasteiger partial charge in [-0.15, -0.1) is 0 Å². The molecule has 2 aromatic carbocycles. The van der Waals surface area contributed by atoms with E-state index in [-0.39, 0.29) is 11.3 Å². The first-order valence-electron chi connectivity index (χ1n) is 6.25. The second-order valence-electron chi connectivity index (χ2n) is 4.46. The van der Waals surface area contributed by atoms with Crippen molar-refractivity contribution >= 4 is 6.29 Å². The number of aldehydes is 1. The van der Waals surface area contributed by atoms with Crippen LogP contribution in [0.2, 0.25) is 0 Å². The number of benzene rings is 2. The van der Waals surface area contributed by atoms with E-state index in [0.717, 1.165) is 0 Å². The Morgan fingerprint density at radius 3 is 2.57 bits per heavy atom. The van der Waals surface area contributed by atoms with Crippen LogP contribution in [-0.4, -0.2) is 16.1 Å². The standard InChI is InChI=1S/C16H10F2N2O/c17-13-5-3-4-11(8-13)16-12(10-21)9-20(19-16)15-7-2-1-6-14(15)18/h1-10H. The molecule has 3 aromatic rings. The SMILES string of the molecule is O=Cc1cn(-c2ccccc2F)nc1-c1cccc(F)c1. The Bertz CT molecular complexity index is 812. The van der Waals surface area contributed by atoms with E-state index in [0.29, 0.717) is 17.5 Å². The number of carbonyl (C=O) groups excluding carboxylic acids is 1. The molecule has 3 rings (SSSR count). The molecule has 21 heavy (non-hydrogen) atoms. The molecule has 0 aliphatic rings. The van der Waals surface area contributed by atoms with Gasteiger partial charge < -0.3 is 0 Å². The summed E-state index contributed by atoms with van der Waals surface area (Å²) in [5, 5.41) is 4.20. The molecule has 0 saturated carbocycles. The third kappa shape index (κ3) is 2.45. The van der Waals surface area contributed by atoms with Gasteiger partial charge in [0.15, 0.2) is 6.29 Å². The molecule has 0 fully saturated rings. The van der Waals surface area contributed by atoms with Crippen LogP contribution in [0, 0.1) is 11.6 Å². The number of para-hydroxylation sites is 1. The zero-order valence-corrected chi connectivity index (χ0v) is 10.8. The van der Waals surface area contributed by atoms with Gasteiger partial charge in [0.25, 0.3) is 0 Å². The van der Waals surface area contributed by atoms with Gasteiger partial charge in [0.2, 0.25) is 0 Å². The maximum absolute atomic E-state index is 13.8. The molecule has 0 N–H and O–H groups in total. The predicted octanol–water partition coefficient (Wildman–Crippen LogP) is 3.63. The Morgan fingerprint density at radius 1 is 1.05 bits per heavy atom. The minimum absolute atomic E-state index is 0.225. The number of carbonyl (C=O) groups is 1. The summed E-state index contributed by atoms with van der Waals surface area (Å²) < 4.78 is 28.4. The van der Waals surface area contributed by atoms with E-state index in [1.165, 1.54) is 35.1 Å². The Kier molecular flexibility index (Phi) is 3.31. The molecule has 0 aliphatic heterocycles. The normalized spacial score (nSPS) is 10.6. The lowest BCUT2D eigenvalue weighted by atomic mass is 10.1. The third-order valence-corrected chi connectivity index (χ3v) is 3.07. The van der Waals surface area contributed by atoms with Gasteiger partial charge in [-0.05, 0) is 24.3 Å². The molecular formula is C16H10F2N2O. The van der Waals surface area contributed by atoms with Gasteiger partial charge in [0, 0.05) is 11.8 Å². The fourth-order valence-electron chi connectivity index (χ4n) is 2.09. The zero-order valence-electron chi connectivity index (χ0n) is 10.8. The van der Waals surface area contributed by atoms with Crippen molar-refractivity contribution in [3.05, 3.63) is 71.9 Å². The zero-order chi connectivity index (χ0) is 14.8. The van der Waals surface area contributed by atoms with Crippen molar-refractivity contribution < 1.29 is 13.6 Å². The highest BCUT2D eigenvalue weighted by Crippen LogP contribution is 2.24. The maximum atomic E-state index is 13.8. The summed E-state index contributed by atoms with van der Waals surface area (Å²) in [7, 11) is 0.